The Morgan fingerprint density at radius 2 is 1.26 bits per heavy atom. The molecule has 2 atom stereocenters. The van der Waals surface area contributed by atoms with Crippen LogP contribution in [0.2, 0.25) is 0 Å². The number of carbonyl (C=O) groups excluding carboxylic acids is 1. The molecule has 0 saturated heterocycles. The van der Waals surface area contributed by atoms with Crippen LogP contribution in [0.3, 0.4) is 0 Å². The topological polar surface area (TPSA) is 85.3 Å². The molecule has 8 heteroatoms. The number of hydrogen-bond donors (Lipinski definition) is 1. The van der Waals surface area contributed by atoms with Gasteiger partial charge in [-0.2, -0.15) is 0 Å². The summed E-state index contributed by atoms with van der Waals surface area (Å²) in [7, 11) is -0.0470. The fourth-order valence-corrected chi connectivity index (χ4v) is 4.94. The normalized spacial score (nSPS) is 14.3. The van der Waals surface area contributed by atoms with Gasteiger partial charge >= 0.3 is 7.60 Å². The molecule has 0 heterocycles. The summed E-state index contributed by atoms with van der Waals surface area (Å²) >= 11 is 0. The number of rotatable bonds is 27. The van der Waals surface area contributed by atoms with Crippen LogP contribution in [0.4, 0.5) is 0 Å². The summed E-state index contributed by atoms with van der Waals surface area (Å²) in [4.78, 5) is 22.3. The number of nitrogens with zero attached hydrogens (tertiary/aromatic N) is 1. The molecule has 204 valence electrons. The van der Waals surface area contributed by atoms with Crippen LogP contribution < -0.4 is 0 Å². The second-order valence-corrected chi connectivity index (χ2v) is 11.7. The molecule has 34 heavy (non-hydrogen) atoms. The molecule has 7 nitrogen and oxygen atoms in total. The summed E-state index contributed by atoms with van der Waals surface area (Å²) < 4.78 is 27.6. The van der Waals surface area contributed by atoms with Gasteiger partial charge in [0.15, 0.2) is 0 Å². The summed E-state index contributed by atoms with van der Waals surface area (Å²) in [5.74, 6) is 0. The van der Waals surface area contributed by atoms with Gasteiger partial charge in [0.05, 0.1) is 19.4 Å². The van der Waals surface area contributed by atoms with Crippen molar-refractivity contribution in [1.82, 2.24) is 4.90 Å². The van der Waals surface area contributed by atoms with Gasteiger partial charge < -0.3 is 23.8 Å². The molecule has 1 N–H and O–H groups in total. The molecule has 0 aliphatic rings. The molecular formula is C26H54NO6P. The Morgan fingerprint density at radius 3 is 1.71 bits per heavy atom. The van der Waals surface area contributed by atoms with Crippen LogP contribution in [0.1, 0.15) is 110 Å². The van der Waals surface area contributed by atoms with Crippen molar-refractivity contribution >= 4 is 14.1 Å². The zero-order valence-corrected chi connectivity index (χ0v) is 23.3. The summed E-state index contributed by atoms with van der Waals surface area (Å²) in [6.07, 6.45) is 20.6. The van der Waals surface area contributed by atoms with E-state index in [-0.39, 0.29) is 19.4 Å². The first-order chi connectivity index (χ1) is 16.4. The lowest BCUT2D eigenvalue weighted by Gasteiger charge is -2.19. The summed E-state index contributed by atoms with van der Waals surface area (Å²) in [6.45, 7) is 3.67. The van der Waals surface area contributed by atoms with Gasteiger partial charge in [-0.1, -0.05) is 103 Å². The fraction of sp³-hybridized carbons (Fsp3) is 0.962. The van der Waals surface area contributed by atoms with Crippen molar-refractivity contribution in [3.63, 3.8) is 0 Å². The molecule has 0 fully saturated rings. The smallest absolute Gasteiger partial charge is 0.329 e. The average molecular weight is 508 g/mol. The van der Waals surface area contributed by atoms with Crippen molar-refractivity contribution in [2.45, 2.75) is 116 Å². The van der Waals surface area contributed by atoms with E-state index in [4.69, 9.17) is 14.0 Å². The molecule has 0 bridgehead atoms. The standard InChI is InChI=1S/C26H54NO6P/c1-4-5-6-7-8-9-10-11-12-13-14-15-16-17-18-19-21-31-23-26(32-25-28)24-33-34(29,30)22-20-27(2)3/h25-26H,4-24H2,1-3H3,(H,29,30). The third-order valence-electron chi connectivity index (χ3n) is 5.99. The molecule has 0 amide bonds. The van der Waals surface area contributed by atoms with Crippen LogP contribution in [0.5, 0.6) is 0 Å². The van der Waals surface area contributed by atoms with E-state index < -0.39 is 13.7 Å². The molecule has 0 spiro atoms. The first-order valence-corrected chi connectivity index (χ1v) is 15.5. The predicted molar refractivity (Wildman–Crippen MR) is 141 cm³/mol. The Balaban J connectivity index is 3.52. The van der Waals surface area contributed by atoms with Crippen molar-refractivity contribution in [1.29, 1.82) is 0 Å². The zero-order chi connectivity index (χ0) is 25.3. The van der Waals surface area contributed by atoms with E-state index in [0.29, 0.717) is 19.6 Å². The van der Waals surface area contributed by atoms with Crippen molar-refractivity contribution in [2.75, 3.05) is 46.6 Å². The van der Waals surface area contributed by atoms with Gasteiger partial charge in [-0.05, 0) is 20.5 Å². The third kappa shape index (κ3) is 24.7. The van der Waals surface area contributed by atoms with Crippen molar-refractivity contribution < 1.29 is 28.3 Å². The quantitative estimate of drug-likeness (QED) is 0.0764. The lowest BCUT2D eigenvalue weighted by atomic mass is 10.0. The highest BCUT2D eigenvalue weighted by molar-refractivity contribution is 7.52. The van der Waals surface area contributed by atoms with Gasteiger partial charge in [-0.3, -0.25) is 9.36 Å². The van der Waals surface area contributed by atoms with Gasteiger partial charge in [0.1, 0.15) is 6.10 Å². The van der Waals surface area contributed by atoms with Crippen LogP contribution in [-0.2, 0) is 23.4 Å². The minimum absolute atomic E-state index is 0.0356. The SMILES string of the molecule is CCCCCCCCCCCCCCCCCCOCC(COP(=O)(O)CCN(C)C)OC=O. The van der Waals surface area contributed by atoms with Crippen molar-refractivity contribution in [2.24, 2.45) is 0 Å². The lowest BCUT2D eigenvalue weighted by molar-refractivity contribution is -0.138. The monoisotopic (exact) mass is 507 g/mol. The number of ether oxygens (including phenoxy) is 2. The fourth-order valence-electron chi connectivity index (χ4n) is 3.76. The van der Waals surface area contributed by atoms with Crippen molar-refractivity contribution in [3.8, 4) is 0 Å². The Morgan fingerprint density at radius 1 is 0.794 bits per heavy atom. The summed E-state index contributed by atoms with van der Waals surface area (Å²) in [5.41, 5.74) is 0. The second-order valence-electron chi connectivity index (χ2n) is 9.69. The lowest BCUT2D eigenvalue weighted by Crippen LogP contribution is -2.26. The second kappa shape index (κ2) is 24.2. The first-order valence-electron chi connectivity index (χ1n) is 13.7. The van der Waals surface area contributed by atoms with Crippen LogP contribution >= 0.6 is 7.60 Å². The maximum absolute atomic E-state index is 12.0. The Hall–Kier alpha value is -0.460. The molecule has 0 saturated carbocycles. The molecule has 0 radical (unpaired) electrons. The number of hydrogen-bond acceptors (Lipinski definition) is 6. The summed E-state index contributed by atoms with van der Waals surface area (Å²) in [6, 6.07) is 0. The highest BCUT2D eigenvalue weighted by Crippen LogP contribution is 2.41. The van der Waals surface area contributed by atoms with Gasteiger partial charge in [0.25, 0.3) is 6.47 Å². The molecule has 0 aromatic heterocycles. The van der Waals surface area contributed by atoms with E-state index in [1.807, 2.05) is 19.0 Å². The minimum atomic E-state index is -3.70. The molecule has 2 unspecified atom stereocenters. The predicted octanol–water partition coefficient (Wildman–Crippen LogP) is 6.57. The summed E-state index contributed by atoms with van der Waals surface area (Å²) in [5, 5.41) is 0. The minimum Gasteiger partial charge on any atom is -0.460 e. The molecule has 0 aliphatic carbocycles. The van der Waals surface area contributed by atoms with E-state index in [9.17, 15) is 14.3 Å². The maximum Gasteiger partial charge on any atom is 0.329 e. The van der Waals surface area contributed by atoms with Gasteiger partial charge in [0.2, 0.25) is 0 Å². The molecule has 0 aromatic rings. The van der Waals surface area contributed by atoms with E-state index in [1.54, 1.807) is 0 Å². The van der Waals surface area contributed by atoms with Crippen LogP contribution in [0.15, 0.2) is 0 Å². The van der Waals surface area contributed by atoms with Gasteiger partial charge in [-0.15, -0.1) is 0 Å². The van der Waals surface area contributed by atoms with E-state index in [1.165, 1.54) is 89.9 Å². The first kappa shape index (κ1) is 33.5. The van der Waals surface area contributed by atoms with E-state index in [2.05, 4.69) is 6.92 Å². The maximum atomic E-state index is 12.0. The van der Waals surface area contributed by atoms with Gasteiger partial charge in [-0.25, -0.2) is 0 Å². The molecular weight excluding hydrogens is 453 g/mol. The van der Waals surface area contributed by atoms with Crippen LogP contribution in [-0.4, -0.2) is 69.0 Å². The Bertz CT molecular complexity index is 492. The van der Waals surface area contributed by atoms with Gasteiger partial charge in [0, 0.05) is 13.2 Å². The average Bonchev–Trinajstić information content (AvgIpc) is 2.80. The van der Waals surface area contributed by atoms with E-state index in [0.717, 1.165) is 12.8 Å². The molecule has 0 aliphatic heterocycles. The van der Waals surface area contributed by atoms with Crippen molar-refractivity contribution in [3.05, 3.63) is 0 Å². The highest BCUT2D eigenvalue weighted by atomic mass is 31.2. The Labute approximate surface area is 209 Å². The molecule has 0 rings (SSSR count). The van der Waals surface area contributed by atoms with Crippen LogP contribution in [0.25, 0.3) is 0 Å². The third-order valence-corrected chi connectivity index (χ3v) is 7.30. The number of unbranched alkanes of at least 4 members (excludes halogenated alkanes) is 15. The highest BCUT2D eigenvalue weighted by Gasteiger charge is 2.22. The van der Waals surface area contributed by atoms with E-state index >= 15 is 0 Å². The largest absolute Gasteiger partial charge is 0.460 e. The Kier molecular flexibility index (Phi) is 23.9. The van der Waals surface area contributed by atoms with Crippen LogP contribution in [0, 0.1) is 0 Å². The number of carbonyl (C=O) groups is 1. The molecule has 0 aromatic carbocycles. The zero-order valence-electron chi connectivity index (χ0n) is 22.4.